The van der Waals surface area contributed by atoms with Crippen molar-refractivity contribution in [3.63, 3.8) is 0 Å². The van der Waals surface area contributed by atoms with Gasteiger partial charge in [-0.2, -0.15) is 0 Å². The number of hydrogen-bond acceptors (Lipinski definition) is 3. The fraction of sp³-hybridized carbons (Fsp3) is 0.684. The molecule has 0 saturated heterocycles. The maximum atomic E-state index is 12.5. The summed E-state index contributed by atoms with van der Waals surface area (Å²) in [5, 5.41) is 3.57. The minimum Gasteiger partial charge on any atom is -0.208 e. The van der Waals surface area contributed by atoms with Crippen molar-refractivity contribution in [3.05, 3.63) is 40.3 Å². The second-order valence-electron chi connectivity index (χ2n) is 6.81. The Bertz CT molecular complexity index is 653. The molecule has 1 aromatic carbocycles. The monoisotopic (exact) mass is 380 g/mol. The molecule has 1 rings (SSSR count). The molecule has 0 amide bonds. The van der Waals surface area contributed by atoms with Crippen LogP contribution in [0.3, 0.4) is 0 Å². The molecule has 0 spiro atoms. The highest BCUT2D eigenvalue weighted by molar-refractivity contribution is 7.89. The molecule has 0 aliphatic heterocycles. The maximum Gasteiger partial charge on any atom is 0.240 e. The van der Waals surface area contributed by atoms with Crippen LogP contribution < -0.4 is 4.72 Å². The molecule has 1 unspecified atom stereocenters. The van der Waals surface area contributed by atoms with Crippen LogP contribution in [0.4, 0.5) is 0 Å². The number of rotatable bonds is 14. The molecule has 6 nitrogen and oxygen atoms in total. The van der Waals surface area contributed by atoms with Crippen LogP contribution in [-0.4, -0.2) is 21.0 Å². The summed E-state index contributed by atoms with van der Waals surface area (Å²) in [5.41, 5.74) is 9.56. The molecule has 7 heteroatoms. The Morgan fingerprint density at radius 1 is 1.04 bits per heavy atom. The molecule has 1 N–H and O–H groups in total. The molecule has 0 aliphatic rings. The smallest absolute Gasteiger partial charge is 0.208 e. The summed E-state index contributed by atoms with van der Waals surface area (Å²) < 4.78 is 27.7. The molecule has 0 bridgehead atoms. The van der Waals surface area contributed by atoms with Crippen LogP contribution in [0.2, 0.25) is 0 Å². The zero-order chi connectivity index (χ0) is 19.3. The first-order valence-electron chi connectivity index (χ1n) is 9.59. The predicted molar refractivity (Wildman–Crippen MR) is 107 cm³/mol. The van der Waals surface area contributed by atoms with E-state index in [1.54, 1.807) is 24.3 Å². The van der Waals surface area contributed by atoms with Crippen molar-refractivity contribution in [2.24, 2.45) is 5.11 Å². The van der Waals surface area contributed by atoms with Crippen molar-refractivity contribution in [1.29, 1.82) is 0 Å². The number of benzene rings is 1. The third-order valence-electron chi connectivity index (χ3n) is 4.42. The zero-order valence-electron chi connectivity index (χ0n) is 16.0. The molecule has 146 valence electrons. The van der Waals surface area contributed by atoms with Gasteiger partial charge in [-0.05, 0) is 31.0 Å². The van der Waals surface area contributed by atoms with Crippen LogP contribution in [-0.2, 0) is 10.0 Å². The van der Waals surface area contributed by atoms with E-state index in [1.165, 1.54) is 38.5 Å². The molecule has 0 radical (unpaired) electrons. The molecular weight excluding hydrogens is 348 g/mol. The van der Waals surface area contributed by atoms with Gasteiger partial charge >= 0.3 is 0 Å². The average molecular weight is 381 g/mol. The number of unbranched alkanes of at least 4 members (excludes halogenated alkanes) is 7. The molecule has 1 aromatic rings. The molecule has 0 aromatic heterocycles. The summed E-state index contributed by atoms with van der Waals surface area (Å²) in [7, 11) is -3.60. The summed E-state index contributed by atoms with van der Waals surface area (Å²) in [5.74, 6) is 0. The van der Waals surface area contributed by atoms with Crippen LogP contribution in [0.5, 0.6) is 0 Å². The number of azide groups is 1. The summed E-state index contributed by atoms with van der Waals surface area (Å²) in [6, 6.07) is 6.37. The molecule has 1 atom stereocenters. The molecule has 0 fully saturated rings. The second-order valence-corrected chi connectivity index (χ2v) is 8.52. The first-order chi connectivity index (χ1) is 12.5. The van der Waals surface area contributed by atoms with Gasteiger partial charge in [0, 0.05) is 17.5 Å². The van der Waals surface area contributed by atoms with Gasteiger partial charge in [-0.25, -0.2) is 13.1 Å². The SMILES string of the molecule is CCCCCCCCCCC(CN=[N+]=[N-])NS(=O)(=O)c1ccc(C)cc1. The number of aryl methyl sites for hydroxylation is 1. The average Bonchev–Trinajstić information content (AvgIpc) is 2.61. The Morgan fingerprint density at radius 3 is 2.19 bits per heavy atom. The Labute approximate surface area is 158 Å². The Hall–Kier alpha value is -1.56. The van der Waals surface area contributed by atoms with Gasteiger partial charge in [-0.1, -0.05) is 81.1 Å². The second kappa shape index (κ2) is 12.7. The lowest BCUT2D eigenvalue weighted by Crippen LogP contribution is -2.36. The number of nitrogens with one attached hydrogen (secondary N) is 1. The van der Waals surface area contributed by atoms with Crippen molar-refractivity contribution < 1.29 is 8.42 Å². The van der Waals surface area contributed by atoms with E-state index >= 15 is 0 Å². The third-order valence-corrected chi connectivity index (χ3v) is 5.96. The van der Waals surface area contributed by atoms with E-state index in [4.69, 9.17) is 5.53 Å². The standard InChI is InChI=1S/C19H32N4O2S/c1-3-4-5-6-7-8-9-10-11-18(16-21-23-20)22-26(24,25)19-14-12-17(2)13-15-19/h12-15,18,22H,3-11,16H2,1-2H3. The highest BCUT2D eigenvalue weighted by Gasteiger charge is 2.19. The van der Waals surface area contributed by atoms with Gasteiger partial charge in [-0.3, -0.25) is 0 Å². The van der Waals surface area contributed by atoms with E-state index in [9.17, 15) is 8.42 Å². The van der Waals surface area contributed by atoms with Crippen molar-refractivity contribution in [1.82, 2.24) is 4.72 Å². The van der Waals surface area contributed by atoms with Gasteiger partial charge in [0.2, 0.25) is 10.0 Å². The Kier molecular flexibility index (Phi) is 11.0. The molecule has 0 saturated carbocycles. The van der Waals surface area contributed by atoms with E-state index in [2.05, 4.69) is 21.7 Å². The van der Waals surface area contributed by atoms with Crippen LogP contribution in [0.25, 0.3) is 10.4 Å². The lowest BCUT2D eigenvalue weighted by molar-refractivity contribution is 0.495. The van der Waals surface area contributed by atoms with Gasteiger partial charge in [0.05, 0.1) is 4.90 Å². The fourth-order valence-electron chi connectivity index (χ4n) is 2.85. The largest absolute Gasteiger partial charge is 0.240 e. The summed E-state index contributed by atoms with van der Waals surface area (Å²) in [6.45, 7) is 4.26. The highest BCUT2D eigenvalue weighted by Crippen LogP contribution is 2.14. The van der Waals surface area contributed by atoms with Crippen LogP contribution in [0.15, 0.2) is 34.3 Å². The van der Waals surface area contributed by atoms with Crippen LogP contribution >= 0.6 is 0 Å². The van der Waals surface area contributed by atoms with Gasteiger partial charge in [0.15, 0.2) is 0 Å². The Morgan fingerprint density at radius 2 is 1.62 bits per heavy atom. The Balaban J connectivity index is 2.47. The number of hydrogen-bond donors (Lipinski definition) is 1. The summed E-state index contributed by atoms with van der Waals surface area (Å²) in [4.78, 5) is 3.01. The number of sulfonamides is 1. The maximum absolute atomic E-state index is 12.5. The van der Waals surface area contributed by atoms with E-state index in [-0.39, 0.29) is 17.5 Å². The summed E-state index contributed by atoms with van der Waals surface area (Å²) >= 11 is 0. The highest BCUT2D eigenvalue weighted by atomic mass is 32.2. The normalized spacial score (nSPS) is 12.5. The minimum atomic E-state index is -3.60. The van der Waals surface area contributed by atoms with Crippen molar-refractivity contribution in [2.45, 2.75) is 82.6 Å². The predicted octanol–water partition coefficient (Wildman–Crippen LogP) is 5.48. The van der Waals surface area contributed by atoms with E-state index in [0.717, 1.165) is 18.4 Å². The van der Waals surface area contributed by atoms with Crippen molar-refractivity contribution in [3.8, 4) is 0 Å². The summed E-state index contributed by atoms with van der Waals surface area (Å²) in [6.07, 6.45) is 10.2. The van der Waals surface area contributed by atoms with Gasteiger partial charge in [0.1, 0.15) is 0 Å². The topological polar surface area (TPSA) is 94.9 Å². The quantitative estimate of drug-likeness (QED) is 0.200. The van der Waals surface area contributed by atoms with E-state index in [0.29, 0.717) is 6.42 Å². The lowest BCUT2D eigenvalue weighted by Gasteiger charge is -2.17. The first kappa shape index (κ1) is 22.5. The zero-order valence-corrected chi connectivity index (χ0v) is 16.8. The van der Waals surface area contributed by atoms with Gasteiger partial charge < -0.3 is 0 Å². The van der Waals surface area contributed by atoms with E-state index < -0.39 is 10.0 Å². The molecule has 0 aliphatic carbocycles. The number of nitrogens with zero attached hydrogens (tertiary/aromatic N) is 3. The van der Waals surface area contributed by atoms with E-state index in [1.807, 2.05) is 6.92 Å². The van der Waals surface area contributed by atoms with Crippen molar-refractivity contribution in [2.75, 3.05) is 6.54 Å². The molecule has 26 heavy (non-hydrogen) atoms. The first-order valence-corrected chi connectivity index (χ1v) is 11.1. The lowest BCUT2D eigenvalue weighted by atomic mass is 10.1. The van der Waals surface area contributed by atoms with Crippen LogP contribution in [0.1, 0.15) is 70.3 Å². The van der Waals surface area contributed by atoms with Gasteiger partial charge in [-0.15, -0.1) is 0 Å². The van der Waals surface area contributed by atoms with Crippen LogP contribution in [0, 0.1) is 6.92 Å². The fourth-order valence-corrected chi connectivity index (χ4v) is 4.11. The van der Waals surface area contributed by atoms with Gasteiger partial charge in [0.25, 0.3) is 0 Å². The third kappa shape index (κ3) is 9.22. The minimum absolute atomic E-state index is 0.137. The van der Waals surface area contributed by atoms with Crippen molar-refractivity contribution >= 4 is 10.0 Å². The molecular formula is C19H32N4O2S. The molecule has 0 heterocycles.